The quantitative estimate of drug-likeness (QED) is 0.882. The standard InChI is InChI=1S/C16H16F3N/c1-11-4-3-5-13(10-11)15(20-2)12-6-8-14(9-7-12)16(17,18)19/h3-10,15,20H,1-2H3. The number of alkyl halides is 3. The molecule has 0 heterocycles. The van der Waals surface area contributed by atoms with Gasteiger partial charge in [-0.1, -0.05) is 42.0 Å². The molecule has 2 aromatic rings. The van der Waals surface area contributed by atoms with Gasteiger partial charge < -0.3 is 5.32 Å². The predicted molar refractivity (Wildman–Crippen MR) is 73.5 cm³/mol. The number of aryl methyl sites for hydroxylation is 1. The molecule has 20 heavy (non-hydrogen) atoms. The summed E-state index contributed by atoms with van der Waals surface area (Å²) in [5, 5.41) is 3.14. The second-order valence-electron chi connectivity index (χ2n) is 4.76. The van der Waals surface area contributed by atoms with Gasteiger partial charge in [-0.15, -0.1) is 0 Å². The van der Waals surface area contributed by atoms with Crippen molar-refractivity contribution in [1.82, 2.24) is 5.32 Å². The average Bonchev–Trinajstić information content (AvgIpc) is 2.39. The van der Waals surface area contributed by atoms with Crippen molar-refractivity contribution in [3.8, 4) is 0 Å². The molecular weight excluding hydrogens is 263 g/mol. The number of nitrogens with one attached hydrogen (secondary N) is 1. The zero-order valence-electron chi connectivity index (χ0n) is 11.3. The Labute approximate surface area is 116 Å². The molecule has 0 spiro atoms. The van der Waals surface area contributed by atoms with E-state index in [-0.39, 0.29) is 6.04 Å². The highest BCUT2D eigenvalue weighted by Gasteiger charge is 2.30. The highest BCUT2D eigenvalue weighted by molar-refractivity contribution is 5.35. The summed E-state index contributed by atoms with van der Waals surface area (Å²) in [7, 11) is 1.80. The van der Waals surface area contributed by atoms with Gasteiger partial charge in [-0.3, -0.25) is 0 Å². The van der Waals surface area contributed by atoms with E-state index in [0.717, 1.165) is 28.8 Å². The van der Waals surface area contributed by atoms with Crippen LogP contribution in [0.25, 0.3) is 0 Å². The molecule has 0 aliphatic rings. The van der Waals surface area contributed by atoms with E-state index in [1.165, 1.54) is 12.1 Å². The first-order valence-corrected chi connectivity index (χ1v) is 6.33. The first-order chi connectivity index (χ1) is 9.41. The highest BCUT2D eigenvalue weighted by atomic mass is 19.4. The molecule has 1 N–H and O–H groups in total. The van der Waals surface area contributed by atoms with Gasteiger partial charge in [-0.25, -0.2) is 0 Å². The van der Waals surface area contributed by atoms with E-state index in [9.17, 15) is 13.2 Å². The summed E-state index contributed by atoms with van der Waals surface area (Å²) in [4.78, 5) is 0. The van der Waals surface area contributed by atoms with Crippen molar-refractivity contribution in [3.05, 3.63) is 70.8 Å². The van der Waals surface area contributed by atoms with Gasteiger partial charge in [0.15, 0.2) is 0 Å². The van der Waals surface area contributed by atoms with Gasteiger partial charge in [0.25, 0.3) is 0 Å². The van der Waals surface area contributed by atoms with Crippen molar-refractivity contribution in [2.24, 2.45) is 0 Å². The molecule has 1 nitrogen and oxygen atoms in total. The average molecular weight is 279 g/mol. The van der Waals surface area contributed by atoms with Gasteiger partial charge in [-0.2, -0.15) is 13.2 Å². The van der Waals surface area contributed by atoms with Crippen LogP contribution in [0, 0.1) is 6.92 Å². The van der Waals surface area contributed by atoms with Crippen LogP contribution in [0.3, 0.4) is 0 Å². The largest absolute Gasteiger partial charge is 0.416 e. The molecule has 106 valence electrons. The Morgan fingerprint density at radius 3 is 2.10 bits per heavy atom. The van der Waals surface area contributed by atoms with E-state index in [1.807, 2.05) is 31.2 Å². The van der Waals surface area contributed by atoms with Crippen molar-refractivity contribution >= 4 is 0 Å². The smallest absolute Gasteiger partial charge is 0.309 e. The van der Waals surface area contributed by atoms with Crippen LogP contribution >= 0.6 is 0 Å². The molecule has 1 atom stereocenters. The zero-order chi connectivity index (χ0) is 14.8. The summed E-state index contributed by atoms with van der Waals surface area (Å²) in [6.07, 6.45) is -4.29. The number of halogens is 3. The fourth-order valence-corrected chi connectivity index (χ4v) is 2.24. The Morgan fingerprint density at radius 1 is 0.950 bits per heavy atom. The molecular formula is C16H16F3N. The first-order valence-electron chi connectivity index (χ1n) is 6.33. The van der Waals surface area contributed by atoms with E-state index in [4.69, 9.17) is 0 Å². The topological polar surface area (TPSA) is 12.0 Å². The lowest BCUT2D eigenvalue weighted by Gasteiger charge is -2.18. The Morgan fingerprint density at radius 2 is 1.60 bits per heavy atom. The van der Waals surface area contributed by atoms with Gasteiger partial charge in [0.2, 0.25) is 0 Å². The zero-order valence-corrected chi connectivity index (χ0v) is 11.3. The molecule has 0 bridgehead atoms. The molecule has 0 aliphatic carbocycles. The lowest BCUT2D eigenvalue weighted by Crippen LogP contribution is -2.18. The first kappa shape index (κ1) is 14.6. The summed E-state index contributed by atoms with van der Waals surface area (Å²) in [6.45, 7) is 1.99. The molecule has 4 heteroatoms. The molecule has 0 saturated heterocycles. The maximum Gasteiger partial charge on any atom is 0.416 e. The maximum absolute atomic E-state index is 12.6. The fraction of sp³-hybridized carbons (Fsp3) is 0.250. The minimum absolute atomic E-state index is 0.114. The monoisotopic (exact) mass is 279 g/mol. The van der Waals surface area contributed by atoms with Crippen LogP contribution in [0.5, 0.6) is 0 Å². The Hall–Kier alpha value is -1.81. The van der Waals surface area contributed by atoms with Crippen LogP contribution in [0.4, 0.5) is 13.2 Å². The lowest BCUT2D eigenvalue weighted by atomic mass is 9.96. The van der Waals surface area contributed by atoms with Crippen molar-refractivity contribution in [2.45, 2.75) is 19.1 Å². The van der Waals surface area contributed by atoms with Crippen molar-refractivity contribution < 1.29 is 13.2 Å². The van der Waals surface area contributed by atoms with Gasteiger partial charge in [0.1, 0.15) is 0 Å². The third-order valence-corrected chi connectivity index (χ3v) is 3.24. The SMILES string of the molecule is CNC(c1ccc(C(F)(F)F)cc1)c1cccc(C)c1. The van der Waals surface area contributed by atoms with E-state index in [1.54, 1.807) is 7.05 Å². The van der Waals surface area contributed by atoms with Crippen LogP contribution in [0.2, 0.25) is 0 Å². The second kappa shape index (κ2) is 5.67. The lowest BCUT2D eigenvalue weighted by molar-refractivity contribution is -0.137. The van der Waals surface area contributed by atoms with Crippen molar-refractivity contribution in [2.75, 3.05) is 7.05 Å². The number of hydrogen-bond acceptors (Lipinski definition) is 1. The summed E-state index contributed by atoms with van der Waals surface area (Å²) < 4.78 is 37.7. The number of benzene rings is 2. The minimum Gasteiger partial charge on any atom is -0.309 e. The maximum atomic E-state index is 12.6. The number of rotatable bonds is 3. The molecule has 2 rings (SSSR count). The van der Waals surface area contributed by atoms with E-state index in [0.29, 0.717) is 0 Å². The second-order valence-corrected chi connectivity index (χ2v) is 4.76. The van der Waals surface area contributed by atoms with Gasteiger partial charge >= 0.3 is 6.18 Å². The normalized spacial score (nSPS) is 13.2. The molecule has 0 radical (unpaired) electrons. The molecule has 0 fully saturated rings. The fourth-order valence-electron chi connectivity index (χ4n) is 2.24. The van der Waals surface area contributed by atoms with Crippen LogP contribution in [0.1, 0.15) is 28.3 Å². The Balaban J connectivity index is 2.33. The molecule has 0 saturated carbocycles. The highest BCUT2D eigenvalue weighted by Crippen LogP contribution is 2.31. The molecule has 0 aromatic heterocycles. The van der Waals surface area contributed by atoms with Gasteiger partial charge in [0.05, 0.1) is 11.6 Å². The third kappa shape index (κ3) is 3.20. The number of hydrogen-bond donors (Lipinski definition) is 1. The third-order valence-electron chi connectivity index (χ3n) is 3.24. The van der Waals surface area contributed by atoms with E-state index >= 15 is 0 Å². The summed E-state index contributed by atoms with van der Waals surface area (Å²) in [5.74, 6) is 0. The molecule has 0 aliphatic heterocycles. The van der Waals surface area contributed by atoms with Crippen LogP contribution in [0.15, 0.2) is 48.5 Å². The summed E-state index contributed by atoms with van der Waals surface area (Å²) in [6, 6.07) is 13.1. The van der Waals surface area contributed by atoms with Crippen molar-refractivity contribution in [1.29, 1.82) is 0 Å². The van der Waals surface area contributed by atoms with Crippen LogP contribution < -0.4 is 5.32 Å². The van der Waals surface area contributed by atoms with Crippen molar-refractivity contribution in [3.63, 3.8) is 0 Å². The van der Waals surface area contributed by atoms with E-state index in [2.05, 4.69) is 5.32 Å². The van der Waals surface area contributed by atoms with Gasteiger partial charge in [-0.05, 0) is 37.2 Å². The summed E-state index contributed by atoms with van der Waals surface area (Å²) in [5.41, 5.74) is 2.34. The van der Waals surface area contributed by atoms with E-state index < -0.39 is 11.7 Å². The predicted octanol–water partition coefficient (Wildman–Crippen LogP) is 4.32. The van der Waals surface area contributed by atoms with Crippen LogP contribution in [-0.4, -0.2) is 7.05 Å². The van der Waals surface area contributed by atoms with Crippen LogP contribution in [-0.2, 0) is 6.18 Å². The summed E-state index contributed by atoms with van der Waals surface area (Å²) >= 11 is 0. The molecule has 2 aromatic carbocycles. The van der Waals surface area contributed by atoms with Gasteiger partial charge in [0, 0.05) is 0 Å². The Kier molecular flexibility index (Phi) is 4.14. The Bertz CT molecular complexity index is 573. The minimum atomic E-state index is -4.29. The molecule has 0 amide bonds. The molecule has 1 unspecified atom stereocenters.